The van der Waals surface area contributed by atoms with E-state index < -0.39 is 12.1 Å². The number of carboxylic acids is 1. The fraction of sp³-hybridized carbons (Fsp3) is 0.273. The molecular formula is C11H11BrO4. The minimum absolute atomic E-state index is 0.105. The zero-order valence-corrected chi connectivity index (χ0v) is 10.2. The number of carbonyl (C=O) groups excluding carboxylic acids is 1. The Balaban J connectivity index is 3.23. The zero-order valence-electron chi connectivity index (χ0n) is 8.61. The van der Waals surface area contributed by atoms with Crippen molar-refractivity contribution in [2.45, 2.75) is 19.4 Å². The Bertz CT molecular complexity index is 428. The number of aliphatic hydroxyl groups excluding tert-OH is 1. The minimum Gasteiger partial charge on any atom is -0.479 e. The summed E-state index contributed by atoms with van der Waals surface area (Å²) in [5.41, 5.74) is 0.576. The molecule has 86 valence electrons. The van der Waals surface area contributed by atoms with Crippen LogP contribution < -0.4 is 0 Å². The summed E-state index contributed by atoms with van der Waals surface area (Å²) in [5.74, 6) is -1.45. The van der Waals surface area contributed by atoms with E-state index in [1.54, 1.807) is 19.1 Å². The molecule has 1 unspecified atom stereocenters. The Hall–Kier alpha value is -1.20. The highest BCUT2D eigenvalue weighted by molar-refractivity contribution is 9.10. The second-order valence-corrected chi connectivity index (χ2v) is 4.02. The normalized spacial score (nSPS) is 12.2. The number of ketones is 1. The lowest BCUT2D eigenvalue weighted by Gasteiger charge is -2.11. The van der Waals surface area contributed by atoms with Gasteiger partial charge in [0.25, 0.3) is 0 Å². The summed E-state index contributed by atoms with van der Waals surface area (Å²) in [6.45, 7) is 1.72. The molecule has 0 amide bonds. The molecule has 1 aromatic carbocycles. The Labute approximate surface area is 101 Å². The lowest BCUT2D eigenvalue weighted by atomic mass is 10.0. The van der Waals surface area contributed by atoms with Gasteiger partial charge in [0.15, 0.2) is 11.9 Å². The van der Waals surface area contributed by atoms with E-state index in [9.17, 15) is 14.7 Å². The molecule has 0 aliphatic heterocycles. The lowest BCUT2D eigenvalue weighted by Crippen LogP contribution is -2.12. The smallest absolute Gasteiger partial charge is 0.337 e. The van der Waals surface area contributed by atoms with Crippen LogP contribution in [0.2, 0.25) is 0 Å². The van der Waals surface area contributed by atoms with Gasteiger partial charge in [0.05, 0.1) is 0 Å². The molecule has 0 aliphatic carbocycles. The molecule has 0 radical (unpaired) electrons. The van der Waals surface area contributed by atoms with Crippen LogP contribution in [0.25, 0.3) is 0 Å². The highest BCUT2D eigenvalue weighted by Gasteiger charge is 2.21. The first-order valence-corrected chi connectivity index (χ1v) is 5.50. The van der Waals surface area contributed by atoms with Gasteiger partial charge in [-0.25, -0.2) is 4.79 Å². The van der Waals surface area contributed by atoms with Crippen LogP contribution in [0, 0.1) is 0 Å². The Morgan fingerprint density at radius 1 is 1.44 bits per heavy atom. The van der Waals surface area contributed by atoms with Crippen molar-refractivity contribution in [2.24, 2.45) is 0 Å². The van der Waals surface area contributed by atoms with Crippen LogP contribution in [0.4, 0.5) is 0 Å². The molecule has 2 N–H and O–H groups in total. The predicted molar refractivity (Wildman–Crippen MR) is 61.4 cm³/mol. The van der Waals surface area contributed by atoms with Crippen molar-refractivity contribution in [3.8, 4) is 0 Å². The molecule has 0 heterocycles. The summed E-state index contributed by atoms with van der Waals surface area (Å²) in [7, 11) is 0. The summed E-state index contributed by atoms with van der Waals surface area (Å²) < 4.78 is 0.344. The molecule has 0 saturated heterocycles. The van der Waals surface area contributed by atoms with Crippen molar-refractivity contribution < 1.29 is 19.8 Å². The molecule has 0 saturated carbocycles. The number of aliphatic carboxylic acids is 1. The molecule has 1 rings (SSSR count). The lowest BCUT2D eigenvalue weighted by molar-refractivity contribution is -0.147. The first-order chi connectivity index (χ1) is 7.49. The largest absolute Gasteiger partial charge is 0.479 e. The molecule has 0 aromatic heterocycles. The number of carbonyl (C=O) groups is 2. The predicted octanol–water partition coefficient (Wildman–Crippen LogP) is 2.16. The summed E-state index contributed by atoms with van der Waals surface area (Å²) in [6, 6.07) is 4.61. The second kappa shape index (κ2) is 5.23. The van der Waals surface area contributed by atoms with E-state index in [1.165, 1.54) is 6.07 Å². The minimum atomic E-state index is -1.63. The van der Waals surface area contributed by atoms with Gasteiger partial charge in [-0.3, -0.25) is 4.79 Å². The summed E-state index contributed by atoms with van der Waals surface area (Å²) >= 11 is 3.15. The van der Waals surface area contributed by atoms with Gasteiger partial charge >= 0.3 is 5.97 Å². The van der Waals surface area contributed by atoms with Gasteiger partial charge < -0.3 is 10.2 Å². The quantitative estimate of drug-likeness (QED) is 0.832. The van der Waals surface area contributed by atoms with Crippen LogP contribution in [-0.4, -0.2) is 22.0 Å². The molecule has 0 fully saturated rings. The number of benzene rings is 1. The maximum Gasteiger partial charge on any atom is 0.337 e. The fourth-order valence-electron chi connectivity index (χ4n) is 1.30. The third-order valence-corrected chi connectivity index (χ3v) is 3.06. The number of rotatable bonds is 4. The number of hydrogen-bond donors (Lipinski definition) is 2. The van der Waals surface area contributed by atoms with E-state index in [2.05, 4.69) is 15.9 Å². The summed E-state index contributed by atoms with van der Waals surface area (Å²) in [6.07, 6.45) is -1.30. The van der Waals surface area contributed by atoms with Crippen LogP contribution in [0.1, 0.15) is 35.4 Å². The van der Waals surface area contributed by atoms with Crippen molar-refractivity contribution in [3.63, 3.8) is 0 Å². The first-order valence-electron chi connectivity index (χ1n) is 4.71. The van der Waals surface area contributed by atoms with E-state index in [-0.39, 0.29) is 11.3 Å². The Morgan fingerprint density at radius 2 is 2.06 bits per heavy atom. The van der Waals surface area contributed by atoms with E-state index in [4.69, 9.17) is 5.11 Å². The second-order valence-electron chi connectivity index (χ2n) is 3.23. The molecule has 5 heteroatoms. The van der Waals surface area contributed by atoms with Gasteiger partial charge in [-0.05, 0) is 15.9 Å². The molecule has 1 aromatic rings. The van der Waals surface area contributed by atoms with Crippen LogP contribution in [0.3, 0.4) is 0 Å². The molecule has 0 bridgehead atoms. The molecule has 4 nitrogen and oxygen atoms in total. The third kappa shape index (κ3) is 2.48. The van der Waals surface area contributed by atoms with Crippen molar-refractivity contribution >= 4 is 27.7 Å². The fourth-order valence-corrected chi connectivity index (χ4v) is 2.00. The average Bonchev–Trinajstić information content (AvgIpc) is 2.27. The van der Waals surface area contributed by atoms with E-state index >= 15 is 0 Å². The highest BCUT2D eigenvalue weighted by atomic mass is 79.9. The highest BCUT2D eigenvalue weighted by Crippen LogP contribution is 2.28. The summed E-state index contributed by atoms with van der Waals surface area (Å²) in [4.78, 5) is 22.2. The van der Waals surface area contributed by atoms with Crippen molar-refractivity contribution in [1.29, 1.82) is 0 Å². The molecule has 0 spiro atoms. The van der Waals surface area contributed by atoms with Crippen LogP contribution >= 0.6 is 15.9 Å². The number of Topliss-reactive ketones (excluding diaryl/α,β-unsaturated/α-hetero) is 1. The topological polar surface area (TPSA) is 74.6 Å². The van der Waals surface area contributed by atoms with Crippen molar-refractivity contribution in [3.05, 3.63) is 33.8 Å². The Kier molecular flexibility index (Phi) is 4.20. The maximum absolute atomic E-state index is 11.5. The number of hydrogen-bond acceptors (Lipinski definition) is 3. The Morgan fingerprint density at radius 3 is 2.56 bits per heavy atom. The average molecular weight is 287 g/mol. The SMILES string of the molecule is CCC(=O)c1cccc(C(O)C(=O)O)c1Br. The molecule has 1 atom stereocenters. The maximum atomic E-state index is 11.5. The molecule has 0 aliphatic rings. The van der Waals surface area contributed by atoms with Gasteiger partial charge in [0.2, 0.25) is 0 Å². The van der Waals surface area contributed by atoms with Gasteiger partial charge in [0, 0.05) is 22.0 Å². The van der Waals surface area contributed by atoms with Gasteiger partial charge in [-0.2, -0.15) is 0 Å². The van der Waals surface area contributed by atoms with Crippen molar-refractivity contribution in [2.75, 3.05) is 0 Å². The standard InChI is InChI=1S/C11H11BrO4/c1-2-8(13)6-4-3-5-7(9(6)12)10(14)11(15)16/h3-5,10,14H,2H2,1H3,(H,15,16). The van der Waals surface area contributed by atoms with Crippen LogP contribution in [-0.2, 0) is 4.79 Å². The zero-order chi connectivity index (χ0) is 12.3. The van der Waals surface area contributed by atoms with Gasteiger partial charge in [0.1, 0.15) is 0 Å². The molecular weight excluding hydrogens is 276 g/mol. The monoisotopic (exact) mass is 286 g/mol. The van der Waals surface area contributed by atoms with E-state index in [1.807, 2.05) is 0 Å². The van der Waals surface area contributed by atoms with E-state index in [0.717, 1.165) is 0 Å². The van der Waals surface area contributed by atoms with Gasteiger partial charge in [-0.1, -0.05) is 25.1 Å². The van der Waals surface area contributed by atoms with Crippen LogP contribution in [0.15, 0.2) is 22.7 Å². The number of halogens is 1. The summed E-state index contributed by atoms with van der Waals surface area (Å²) in [5, 5.41) is 18.1. The van der Waals surface area contributed by atoms with Gasteiger partial charge in [-0.15, -0.1) is 0 Å². The third-order valence-electron chi connectivity index (χ3n) is 2.18. The number of aliphatic hydroxyl groups is 1. The first kappa shape index (κ1) is 12.9. The number of carboxylic acid groups (broad SMARTS) is 1. The van der Waals surface area contributed by atoms with Crippen molar-refractivity contribution in [1.82, 2.24) is 0 Å². The molecule has 16 heavy (non-hydrogen) atoms. The van der Waals surface area contributed by atoms with E-state index in [0.29, 0.717) is 16.5 Å². The van der Waals surface area contributed by atoms with Crippen LogP contribution in [0.5, 0.6) is 0 Å².